The zero-order chi connectivity index (χ0) is 8.39. The number of nitrogens with one attached hydrogen (secondary N) is 2. The summed E-state index contributed by atoms with van der Waals surface area (Å²) in [5.74, 6) is 0. The van der Waals surface area contributed by atoms with Crippen molar-refractivity contribution in [1.29, 1.82) is 0 Å². The lowest BCUT2D eigenvalue weighted by atomic mass is 10.3. The third-order valence-electron chi connectivity index (χ3n) is 1.70. The minimum Gasteiger partial charge on any atom is -0.385 e. The first-order valence-electron chi connectivity index (χ1n) is 3.94. The summed E-state index contributed by atoms with van der Waals surface area (Å²) in [7, 11) is 0. The molecule has 0 fully saturated rings. The summed E-state index contributed by atoms with van der Waals surface area (Å²) >= 11 is 0. The molecule has 2 aromatic rings. The molecule has 0 saturated heterocycles. The lowest BCUT2D eigenvalue weighted by Crippen LogP contribution is -1.95. The average molecular weight is 162 g/mol. The molecule has 0 aliphatic rings. The number of aromatic amines is 1. The SMILES string of the molecule is CCNc1ccc2n[nH]nc2c1. The highest BCUT2D eigenvalue weighted by molar-refractivity contribution is 5.77. The Kier molecular flexibility index (Phi) is 1.66. The standard InChI is InChI=1S/C8H10N4/c1-2-9-6-3-4-7-8(5-6)11-12-10-7/h3-5,9H,2H2,1H3,(H,10,11,12). The van der Waals surface area contributed by atoms with Gasteiger partial charge in [0.25, 0.3) is 0 Å². The molecule has 0 saturated carbocycles. The fourth-order valence-corrected chi connectivity index (χ4v) is 1.15. The highest BCUT2D eigenvalue weighted by Gasteiger charge is 1.97. The molecular weight excluding hydrogens is 152 g/mol. The zero-order valence-electron chi connectivity index (χ0n) is 6.83. The first kappa shape index (κ1) is 7.09. The Labute approximate surface area is 70.0 Å². The molecule has 0 atom stereocenters. The molecule has 4 heteroatoms. The van der Waals surface area contributed by atoms with E-state index in [1.165, 1.54) is 0 Å². The normalized spacial score (nSPS) is 10.4. The van der Waals surface area contributed by atoms with Crippen LogP contribution in [0.3, 0.4) is 0 Å². The van der Waals surface area contributed by atoms with Crippen LogP contribution in [0.25, 0.3) is 11.0 Å². The number of anilines is 1. The van der Waals surface area contributed by atoms with Gasteiger partial charge in [-0.1, -0.05) is 0 Å². The maximum atomic E-state index is 3.99. The van der Waals surface area contributed by atoms with E-state index in [1.54, 1.807) is 0 Å². The summed E-state index contributed by atoms with van der Waals surface area (Å²) < 4.78 is 0. The molecule has 0 amide bonds. The monoisotopic (exact) mass is 162 g/mol. The van der Waals surface area contributed by atoms with Crippen LogP contribution in [0, 0.1) is 0 Å². The van der Waals surface area contributed by atoms with Gasteiger partial charge < -0.3 is 5.32 Å². The number of hydrogen-bond acceptors (Lipinski definition) is 3. The van der Waals surface area contributed by atoms with E-state index in [0.717, 1.165) is 23.3 Å². The fourth-order valence-electron chi connectivity index (χ4n) is 1.15. The van der Waals surface area contributed by atoms with Gasteiger partial charge in [-0.3, -0.25) is 0 Å². The molecule has 0 radical (unpaired) electrons. The summed E-state index contributed by atoms with van der Waals surface area (Å²) in [4.78, 5) is 0. The highest BCUT2D eigenvalue weighted by Crippen LogP contribution is 2.13. The molecule has 4 nitrogen and oxygen atoms in total. The summed E-state index contributed by atoms with van der Waals surface area (Å²) in [6.45, 7) is 2.98. The van der Waals surface area contributed by atoms with Gasteiger partial charge in [0.15, 0.2) is 0 Å². The highest BCUT2D eigenvalue weighted by atomic mass is 15.3. The summed E-state index contributed by atoms with van der Waals surface area (Å²) in [6, 6.07) is 5.91. The smallest absolute Gasteiger partial charge is 0.115 e. The fraction of sp³-hybridized carbons (Fsp3) is 0.250. The van der Waals surface area contributed by atoms with Crippen molar-refractivity contribution < 1.29 is 0 Å². The van der Waals surface area contributed by atoms with Gasteiger partial charge in [0, 0.05) is 12.2 Å². The van der Waals surface area contributed by atoms with Gasteiger partial charge in [-0.25, -0.2) is 0 Å². The minimum absolute atomic E-state index is 0.897. The Morgan fingerprint density at radius 2 is 2.17 bits per heavy atom. The maximum Gasteiger partial charge on any atom is 0.115 e. The second-order valence-corrected chi connectivity index (χ2v) is 2.56. The number of benzene rings is 1. The average Bonchev–Trinajstić information content (AvgIpc) is 2.51. The van der Waals surface area contributed by atoms with Crippen molar-refractivity contribution in [3.8, 4) is 0 Å². The van der Waals surface area contributed by atoms with Crippen molar-refractivity contribution in [3.63, 3.8) is 0 Å². The summed E-state index contributed by atoms with van der Waals surface area (Å²) in [5.41, 5.74) is 2.88. The van der Waals surface area contributed by atoms with E-state index in [2.05, 4.69) is 27.7 Å². The number of nitrogens with zero attached hydrogens (tertiary/aromatic N) is 2. The first-order chi connectivity index (χ1) is 5.90. The first-order valence-corrected chi connectivity index (χ1v) is 3.94. The van der Waals surface area contributed by atoms with Gasteiger partial charge in [-0.05, 0) is 25.1 Å². The van der Waals surface area contributed by atoms with E-state index in [4.69, 9.17) is 0 Å². The van der Waals surface area contributed by atoms with E-state index in [9.17, 15) is 0 Å². The molecule has 12 heavy (non-hydrogen) atoms. The molecule has 2 rings (SSSR count). The molecule has 0 unspecified atom stereocenters. The Balaban J connectivity index is 2.46. The van der Waals surface area contributed by atoms with Crippen LogP contribution in [-0.2, 0) is 0 Å². The molecule has 0 aliphatic carbocycles. The van der Waals surface area contributed by atoms with Crippen LogP contribution in [0.4, 0.5) is 5.69 Å². The van der Waals surface area contributed by atoms with E-state index < -0.39 is 0 Å². The van der Waals surface area contributed by atoms with Crippen LogP contribution in [0.2, 0.25) is 0 Å². The molecular formula is C8H10N4. The second kappa shape index (κ2) is 2.81. The molecule has 1 aromatic carbocycles. The summed E-state index contributed by atoms with van der Waals surface area (Å²) in [5, 5.41) is 13.7. The number of H-pyrrole nitrogens is 1. The van der Waals surface area contributed by atoms with E-state index in [1.807, 2.05) is 18.2 Å². The summed E-state index contributed by atoms with van der Waals surface area (Å²) in [6.07, 6.45) is 0. The zero-order valence-corrected chi connectivity index (χ0v) is 6.83. The minimum atomic E-state index is 0.897. The van der Waals surface area contributed by atoms with Crippen LogP contribution in [0.1, 0.15) is 6.92 Å². The Hall–Kier alpha value is -1.58. The van der Waals surface area contributed by atoms with Crippen molar-refractivity contribution in [1.82, 2.24) is 15.4 Å². The molecule has 0 aliphatic heterocycles. The topological polar surface area (TPSA) is 53.6 Å². The molecule has 0 spiro atoms. The van der Waals surface area contributed by atoms with Gasteiger partial charge in [-0.2, -0.15) is 15.4 Å². The van der Waals surface area contributed by atoms with Gasteiger partial charge in [0.05, 0.1) is 0 Å². The second-order valence-electron chi connectivity index (χ2n) is 2.56. The number of rotatable bonds is 2. The molecule has 1 heterocycles. The largest absolute Gasteiger partial charge is 0.385 e. The van der Waals surface area contributed by atoms with Crippen LogP contribution in [0.5, 0.6) is 0 Å². The Morgan fingerprint density at radius 3 is 3.00 bits per heavy atom. The van der Waals surface area contributed by atoms with Gasteiger partial charge >= 0.3 is 0 Å². The maximum absolute atomic E-state index is 3.99. The third-order valence-corrected chi connectivity index (χ3v) is 1.70. The Bertz CT molecular complexity index is 379. The third kappa shape index (κ3) is 1.11. The molecule has 1 aromatic heterocycles. The van der Waals surface area contributed by atoms with Gasteiger partial charge in [0.2, 0.25) is 0 Å². The predicted octanol–water partition coefficient (Wildman–Crippen LogP) is 1.39. The quantitative estimate of drug-likeness (QED) is 0.701. The van der Waals surface area contributed by atoms with E-state index in [0.29, 0.717) is 0 Å². The number of fused-ring (bicyclic) bond motifs is 1. The molecule has 62 valence electrons. The van der Waals surface area contributed by atoms with Crippen LogP contribution in [0.15, 0.2) is 18.2 Å². The van der Waals surface area contributed by atoms with E-state index >= 15 is 0 Å². The molecule has 2 N–H and O–H groups in total. The number of aromatic nitrogens is 3. The van der Waals surface area contributed by atoms with Crippen LogP contribution >= 0.6 is 0 Å². The van der Waals surface area contributed by atoms with Crippen molar-refractivity contribution in [3.05, 3.63) is 18.2 Å². The van der Waals surface area contributed by atoms with Crippen LogP contribution < -0.4 is 5.32 Å². The molecule has 0 bridgehead atoms. The number of hydrogen-bond donors (Lipinski definition) is 2. The van der Waals surface area contributed by atoms with Crippen molar-refractivity contribution in [2.45, 2.75) is 6.92 Å². The van der Waals surface area contributed by atoms with Gasteiger partial charge in [-0.15, -0.1) is 0 Å². The van der Waals surface area contributed by atoms with Gasteiger partial charge in [0.1, 0.15) is 11.0 Å². The Morgan fingerprint density at radius 1 is 1.33 bits per heavy atom. The van der Waals surface area contributed by atoms with E-state index in [-0.39, 0.29) is 0 Å². The van der Waals surface area contributed by atoms with Crippen LogP contribution in [-0.4, -0.2) is 22.0 Å². The lowest BCUT2D eigenvalue weighted by Gasteiger charge is -2.00. The predicted molar refractivity (Wildman–Crippen MR) is 48.1 cm³/mol. The lowest BCUT2D eigenvalue weighted by molar-refractivity contribution is 0.959. The van der Waals surface area contributed by atoms with Crippen molar-refractivity contribution in [2.75, 3.05) is 11.9 Å². The van der Waals surface area contributed by atoms with Crippen molar-refractivity contribution in [2.24, 2.45) is 0 Å². The van der Waals surface area contributed by atoms with Crippen molar-refractivity contribution >= 4 is 16.7 Å².